The Bertz CT molecular complexity index is 780. The number of rotatable bonds is 7. The molecule has 0 radical (unpaired) electrons. The number of halogens is 1. The number of thioether (sulfide) groups is 1. The molecule has 1 atom stereocenters. The number of nitrogens with one attached hydrogen (secondary N) is 1. The number of hydrogen-bond acceptors (Lipinski definition) is 6. The fourth-order valence-corrected chi connectivity index (χ4v) is 3.88. The maximum Gasteiger partial charge on any atom is 0.230 e. The summed E-state index contributed by atoms with van der Waals surface area (Å²) in [7, 11) is 0. The fourth-order valence-electron chi connectivity index (χ4n) is 3.00. The van der Waals surface area contributed by atoms with Crippen LogP contribution in [-0.2, 0) is 4.79 Å². The lowest BCUT2D eigenvalue weighted by Crippen LogP contribution is -2.47. The van der Waals surface area contributed by atoms with Crippen molar-refractivity contribution in [2.45, 2.75) is 31.3 Å². The third-order valence-electron chi connectivity index (χ3n) is 4.79. The van der Waals surface area contributed by atoms with E-state index in [4.69, 9.17) is 11.6 Å². The van der Waals surface area contributed by atoms with Gasteiger partial charge in [-0.25, -0.2) is 0 Å². The predicted molar refractivity (Wildman–Crippen MR) is 117 cm³/mol. The number of carbonyl (C=O) groups excluding carboxylic acids is 1. The van der Waals surface area contributed by atoms with E-state index in [1.54, 1.807) is 0 Å². The summed E-state index contributed by atoms with van der Waals surface area (Å²) in [5.74, 6) is 1.25. The standard InChI is InChI=1S/C20H26ClN5OS/c1-3-15(2)22-19(27)14-28-20-9-8-18(23-24-20)26-12-10-25(11-13-26)17-7-5-4-6-16(17)21/h4-9,15H,3,10-14H2,1-2H3,(H,22,27)/t15-/m0/s1. The van der Waals surface area contributed by atoms with E-state index in [0.29, 0.717) is 5.75 Å². The van der Waals surface area contributed by atoms with E-state index < -0.39 is 0 Å². The highest BCUT2D eigenvalue weighted by Gasteiger charge is 2.20. The molecule has 0 bridgehead atoms. The molecule has 8 heteroatoms. The summed E-state index contributed by atoms with van der Waals surface area (Å²) in [6, 6.07) is 12.1. The highest BCUT2D eigenvalue weighted by Crippen LogP contribution is 2.27. The zero-order chi connectivity index (χ0) is 19.9. The molecular formula is C20H26ClN5OS. The average molecular weight is 420 g/mol. The molecule has 0 aliphatic carbocycles. The first kappa shape index (κ1) is 20.7. The van der Waals surface area contributed by atoms with Crippen LogP contribution < -0.4 is 15.1 Å². The first-order chi connectivity index (χ1) is 13.6. The number of anilines is 2. The average Bonchev–Trinajstić information content (AvgIpc) is 2.73. The Morgan fingerprint density at radius 2 is 1.86 bits per heavy atom. The molecule has 0 saturated carbocycles. The number of amides is 1. The quantitative estimate of drug-likeness (QED) is 0.693. The van der Waals surface area contributed by atoms with Gasteiger partial charge in [-0.2, -0.15) is 0 Å². The predicted octanol–water partition coefficient (Wildman–Crippen LogP) is 3.46. The molecule has 28 heavy (non-hydrogen) atoms. The highest BCUT2D eigenvalue weighted by atomic mass is 35.5. The van der Waals surface area contributed by atoms with Gasteiger partial charge in [-0.3, -0.25) is 4.79 Å². The lowest BCUT2D eigenvalue weighted by Gasteiger charge is -2.36. The molecule has 1 N–H and O–H groups in total. The summed E-state index contributed by atoms with van der Waals surface area (Å²) in [6.45, 7) is 7.56. The van der Waals surface area contributed by atoms with E-state index in [-0.39, 0.29) is 11.9 Å². The summed E-state index contributed by atoms with van der Waals surface area (Å²) < 4.78 is 0. The van der Waals surface area contributed by atoms with Crippen LogP contribution in [0.2, 0.25) is 5.02 Å². The molecule has 0 unspecified atom stereocenters. The maximum atomic E-state index is 11.9. The molecule has 0 spiro atoms. The number of hydrogen-bond donors (Lipinski definition) is 1. The van der Waals surface area contributed by atoms with Gasteiger partial charge >= 0.3 is 0 Å². The minimum Gasteiger partial charge on any atom is -0.367 e. The Morgan fingerprint density at radius 1 is 1.14 bits per heavy atom. The van der Waals surface area contributed by atoms with E-state index in [9.17, 15) is 4.79 Å². The van der Waals surface area contributed by atoms with E-state index in [1.807, 2.05) is 37.3 Å². The Labute approximate surface area is 175 Å². The van der Waals surface area contributed by atoms with E-state index in [1.165, 1.54) is 11.8 Å². The molecule has 1 saturated heterocycles. The van der Waals surface area contributed by atoms with Crippen LogP contribution in [0.1, 0.15) is 20.3 Å². The van der Waals surface area contributed by atoms with Gasteiger partial charge in [-0.1, -0.05) is 42.4 Å². The van der Waals surface area contributed by atoms with Crippen molar-refractivity contribution >= 4 is 40.8 Å². The molecule has 2 heterocycles. The second-order valence-electron chi connectivity index (χ2n) is 6.82. The highest BCUT2D eigenvalue weighted by molar-refractivity contribution is 7.99. The van der Waals surface area contributed by atoms with Crippen LogP contribution in [0.15, 0.2) is 41.4 Å². The Kier molecular flexibility index (Phi) is 7.39. The zero-order valence-corrected chi connectivity index (χ0v) is 17.8. The summed E-state index contributed by atoms with van der Waals surface area (Å²) in [5.41, 5.74) is 1.08. The van der Waals surface area contributed by atoms with Gasteiger partial charge in [-0.15, -0.1) is 10.2 Å². The molecule has 1 aliphatic rings. The van der Waals surface area contributed by atoms with Gasteiger partial charge in [0.1, 0.15) is 5.03 Å². The van der Waals surface area contributed by atoms with Gasteiger partial charge in [-0.05, 0) is 37.6 Å². The third kappa shape index (κ3) is 5.52. The smallest absolute Gasteiger partial charge is 0.230 e. The SMILES string of the molecule is CC[C@H](C)NC(=O)CSc1ccc(N2CCN(c3ccccc3Cl)CC2)nn1. The lowest BCUT2D eigenvalue weighted by atomic mass is 10.2. The number of aromatic nitrogens is 2. The molecule has 3 rings (SSSR count). The number of piperazine rings is 1. The van der Waals surface area contributed by atoms with Crippen molar-refractivity contribution in [1.82, 2.24) is 15.5 Å². The second kappa shape index (κ2) is 9.98. The van der Waals surface area contributed by atoms with Crippen LogP contribution in [-0.4, -0.2) is 54.1 Å². The van der Waals surface area contributed by atoms with Crippen molar-refractivity contribution in [3.63, 3.8) is 0 Å². The number of nitrogens with zero attached hydrogens (tertiary/aromatic N) is 4. The minimum atomic E-state index is 0.0286. The van der Waals surface area contributed by atoms with Crippen LogP contribution in [0.4, 0.5) is 11.5 Å². The normalized spacial score (nSPS) is 15.4. The molecule has 1 fully saturated rings. The van der Waals surface area contributed by atoms with Gasteiger partial charge < -0.3 is 15.1 Å². The first-order valence-electron chi connectivity index (χ1n) is 9.57. The van der Waals surface area contributed by atoms with E-state index in [0.717, 1.165) is 54.2 Å². The molecule has 1 aliphatic heterocycles. The minimum absolute atomic E-state index is 0.0286. The number of carbonyl (C=O) groups is 1. The Hall–Kier alpha value is -1.99. The molecule has 150 valence electrons. The van der Waals surface area contributed by atoms with Crippen LogP contribution in [0.3, 0.4) is 0 Å². The van der Waals surface area contributed by atoms with Crippen LogP contribution in [0.5, 0.6) is 0 Å². The summed E-state index contributed by atoms with van der Waals surface area (Å²) in [6.07, 6.45) is 0.925. The van der Waals surface area contributed by atoms with E-state index >= 15 is 0 Å². The topological polar surface area (TPSA) is 61.4 Å². The maximum absolute atomic E-state index is 11.9. The van der Waals surface area contributed by atoms with Gasteiger partial charge in [0.05, 0.1) is 16.5 Å². The fraction of sp³-hybridized carbons (Fsp3) is 0.450. The third-order valence-corrected chi connectivity index (χ3v) is 6.03. The molecular weight excluding hydrogens is 394 g/mol. The van der Waals surface area contributed by atoms with Crippen molar-refractivity contribution in [1.29, 1.82) is 0 Å². The van der Waals surface area contributed by atoms with Gasteiger partial charge in [0.25, 0.3) is 0 Å². The van der Waals surface area contributed by atoms with Crippen LogP contribution >= 0.6 is 23.4 Å². The second-order valence-corrected chi connectivity index (χ2v) is 8.22. The first-order valence-corrected chi connectivity index (χ1v) is 10.9. The largest absolute Gasteiger partial charge is 0.367 e. The van der Waals surface area contributed by atoms with Gasteiger partial charge in [0.2, 0.25) is 5.91 Å². The van der Waals surface area contributed by atoms with Crippen LogP contribution in [0.25, 0.3) is 0 Å². The summed E-state index contributed by atoms with van der Waals surface area (Å²) in [5, 5.41) is 13.1. The summed E-state index contributed by atoms with van der Waals surface area (Å²) >= 11 is 7.72. The number of para-hydroxylation sites is 1. The van der Waals surface area contributed by atoms with Crippen LogP contribution in [0, 0.1) is 0 Å². The lowest BCUT2D eigenvalue weighted by molar-refractivity contribution is -0.119. The van der Waals surface area contributed by atoms with Crippen molar-refractivity contribution in [2.75, 3.05) is 41.7 Å². The van der Waals surface area contributed by atoms with Gasteiger partial charge in [0, 0.05) is 32.2 Å². The zero-order valence-electron chi connectivity index (χ0n) is 16.3. The van der Waals surface area contributed by atoms with Crippen molar-refractivity contribution in [3.05, 3.63) is 41.4 Å². The molecule has 2 aromatic rings. The molecule has 1 aromatic heterocycles. The molecule has 1 aromatic carbocycles. The van der Waals surface area contributed by atoms with E-state index in [2.05, 4.69) is 38.3 Å². The molecule has 1 amide bonds. The molecule has 6 nitrogen and oxygen atoms in total. The monoisotopic (exact) mass is 419 g/mol. The van der Waals surface area contributed by atoms with Gasteiger partial charge in [0.15, 0.2) is 5.82 Å². The summed E-state index contributed by atoms with van der Waals surface area (Å²) in [4.78, 5) is 16.4. The Morgan fingerprint density at radius 3 is 2.50 bits per heavy atom. The van der Waals surface area contributed by atoms with Crippen molar-refractivity contribution < 1.29 is 4.79 Å². The van der Waals surface area contributed by atoms with Crippen molar-refractivity contribution in [3.8, 4) is 0 Å². The Balaban J connectivity index is 1.49. The van der Waals surface area contributed by atoms with Crippen molar-refractivity contribution in [2.24, 2.45) is 0 Å². The number of benzene rings is 1.